The molecule has 1 saturated carbocycles. The van der Waals surface area contributed by atoms with Gasteiger partial charge >= 0.3 is 6.18 Å². The Morgan fingerprint density at radius 1 is 1.00 bits per heavy atom. The quantitative estimate of drug-likeness (QED) is 0.393. The lowest BCUT2D eigenvalue weighted by atomic mass is 9.85. The van der Waals surface area contributed by atoms with Crippen molar-refractivity contribution in [3.63, 3.8) is 0 Å². The zero-order valence-electron chi connectivity index (χ0n) is 19.6. The van der Waals surface area contributed by atoms with Crippen LogP contribution < -0.4 is 16.0 Å². The van der Waals surface area contributed by atoms with Gasteiger partial charge in [0, 0.05) is 31.1 Å². The SMILES string of the molecule is CNc1nc(N[C@H]2CCC[C@@H](C(=O)NCc3ccccc3C(F)(F)F)C2)nc(-c2ccc(F)cc2)n1. The molecular formula is C25H26F4N6O. The Bertz CT molecular complexity index is 1200. The highest BCUT2D eigenvalue weighted by Crippen LogP contribution is 2.32. The van der Waals surface area contributed by atoms with Crippen molar-refractivity contribution >= 4 is 17.8 Å². The molecule has 190 valence electrons. The fraction of sp³-hybridized carbons (Fsp3) is 0.360. The van der Waals surface area contributed by atoms with Crippen LogP contribution in [-0.2, 0) is 17.5 Å². The second kappa shape index (κ2) is 10.9. The van der Waals surface area contributed by atoms with E-state index in [0.29, 0.717) is 36.1 Å². The molecule has 3 N–H and O–H groups in total. The van der Waals surface area contributed by atoms with Gasteiger partial charge in [-0.3, -0.25) is 4.79 Å². The second-order valence-corrected chi connectivity index (χ2v) is 8.64. The van der Waals surface area contributed by atoms with Crippen molar-refractivity contribution in [1.82, 2.24) is 20.3 Å². The molecule has 36 heavy (non-hydrogen) atoms. The number of hydrogen-bond donors (Lipinski definition) is 3. The standard InChI is InChI=1S/C25H26F4N6O/c1-30-23-33-21(15-9-11-18(26)12-10-15)34-24(35-23)32-19-7-4-6-16(13-19)22(36)31-14-17-5-2-3-8-20(17)25(27,28)29/h2-3,5,8-12,16,19H,4,6-7,13-14H2,1H3,(H,31,36)(H2,30,32,33,34,35)/t16-,19+/m1/s1. The van der Waals surface area contributed by atoms with Crippen LogP contribution in [0.2, 0.25) is 0 Å². The molecule has 0 radical (unpaired) electrons. The van der Waals surface area contributed by atoms with Gasteiger partial charge in [0.1, 0.15) is 5.82 Å². The number of amides is 1. The monoisotopic (exact) mass is 502 g/mol. The number of nitrogens with one attached hydrogen (secondary N) is 3. The number of nitrogens with zero attached hydrogens (tertiary/aromatic N) is 3. The van der Waals surface area contributed by atoms with Gasteiger partial charge in [0.2, 0.25) is 17.8 Å². The van der Waals surface area contributed by atoms with Crippen LogP contribution in [-0.4, -0.2) is 33.9 Å². The molecule has 0 saturated heterocycles. The summed E-state index contributed by atoms with van der Waals surface area (Å²) >= 11 is 0. The van der Waals surface area contributed by atoms with E-state index < -0.39 is 11.7 Å². The van der Waals surface area contributed by atoms with E-state index >= 15 is 0 Å². The molecule has 1 amide bonds. The van der Waals surface area contributed by atoms with Crippen LogP contribution in [0.15, 0.2) is 48.5 Å². The minimum absolute atomic E-state index is 0.0296. The minimum Gasteiger partial charge on any atom is -0.357 e. The highest BCUT2D eigenvalue weighted by molar-refractivity contribution is 5.78. The molecule has 0 bridgehead atoms. The number of aromatic nitrogens is 3. The van der Waals surface area contributed by atoms with Crippen molar-refractivity contribution in [2.24, 2.45) is 5.92 Å². The average molecular weight is 503 g/mol. The fourth-order valence-electron chi connectivity index (χ4n) is 4.30. The first-order valence-electron chi connectivity index (χ1n) is 11.6. The van der Waals surface area contributed by atoms with Gasteiger partial charge in [-0.15, -0.1) is 0 Å². The van der Waals surface area contributed by atoms with Crippen molar-refractivity contribution in [3.8, 4) is 11.4 Å². The molecule has 11 heteroatoms. The van der Waals surface area contributed by atoms with Gasteiger partial charge in [-0.05, 0) is 55.2 Å². The average Bonchev–Trinajstić information content (AvgIpc) is 2.87. The van der Waals surface area contributed by atoms with Gasteiger partial charge in [-0.1, -0.05) is 24.6 Å². The van der Waals surface area contributed by atoms with Crippen LogP contribution >= 0.6 is 0 Å². The molecule has 1 fully saturated rings. The van der Waals surface area contributed by atoms with Gasteiger partial charge in [0.05, 0.1) is 5.56 Å². The molecule has 2 aromatic carbocycles. The highest BCUT2D eigenvalue weighted by Gasteiger charge is 2.33. The van der Waals surface area contributed by atoms with E-state index in [1.807, 2.05) is 0 Å². The predicted octanol–water partition coefficient (Wildman–Crippen LogP) is 5.03. The topological polar surface area (TPSA) is 91.8 Å². The summed E-state index contributed by atoms with van der Waals surface area (Å²) in [5, 5.41) is 8.81. The first-order valence-corrected chi connectivity index (χ1v) is 11.6. The van der Waals surface area contributed by atoms with Gasteiger partial charge in [-0.2, -0.15) is 28.1 Å². The van der Waals surface area contributed by atoms with E-state index in [0.717, 1.165) is 18.9 Å². The normalized spacial score (nSPS) is 17.9. The second-order valence-electron chi connectivity index (χ2n) is 8.64. The summed E-state index contributed by atoms with van der Waals surface area (Å²) in [6.07, 6.45) is -1.80. The molecule has 1 aliphatic carbocycles. The Labute approximate surface area is 205 Å². The Morgan fingerprint density at radius 3 is 2.44 bits per heavy atom. The van der Waals surface area contributed by atoms with E-state index in [1.54, 1.807) is 19.2 Å². The van der Waals surface area contributed by atoms with E-state index in [-0.39, 0.29) is 35.8 Å². The number of hydrogen-bond acceptors (Lipinski definition) is 6. The van der Waals surface area contributed by atoms with Crippen LogP contribution in [0.5, 0.6) is 0 Å². The first-order chi connectivity index (χ1) is 17.2. The zero-order valence-corrected chi connectivity index (χ0v) is 19.6. The van der Waals surface area contributed by atoms with Crippen LogP contribution in [0.25, 0.3) is 11.4 Å². The van der Waals surface area contributed by atoms with Crippen LogP contribution in [0.1, 0.15) is 36.8 Å². The van der Waals surface area contributed by atoms with Crippen molar-refractivity contribution in [1.29, 1.82) is 0 Å². The molecule has 0 unspecified atom stereocenters. The zero-order chi connectivity index (χ0) is 25.7. The summed E-state index contributed by atoms with van der Waals surface area (Å²) in [5.74, 6) is 0.0197. The third kappa shape index (κ3) is 6.27. The number of halogens is 4. The molecule has 0 spiro atoms. The summed E-state index contributed by atoms with van der Waals surface area (Å²) < 4.78 is 53.0. The third-order valence-electron chi connectivity index (χ3n) is 6.12. The van der Waals surface area contributed by atoms with Crippen molar-refractivity contribution in [2.75, 3.05) is 17.7 Å². The molecular weight excluding hydrogens is 476 g/mol. The van der Waals surface area contributed by atoms with Crippen LogP contribution in [0.3, 0.4) is 0 Å². The first kappa shape index (κ1) is 25.3. The van der Waals surface area contributed by atoms with E-state index in [1.165, 1.54) is 30.3 Å². The van der Waals surface area contributed by atoms with E-state index in [4.69, 9.17) is 0 Å². The Morgan fingerprint density at radius 2 is 1.72 bits per heavy atom. The van der Waals surface area contributed by atoms with E-state index in [9.17, 15) is 22.4 Å². The largest absolute Gasteiger partial charge is 0.416 e. The molecule has 1 aromatic heterocycles. The van der Waals surface area contributed by atoms with Crippen molar-refractivity contribution in [2.45, 2.75) is 44.4 Å². The number of carbonyl (C=O) groups is 1. The summed E-state index contributed by atoms with van der Waals surface area (Å²) in [4.78, 5) is 25.9. The summed E-state index contributed by atoms with van der Waals surface area (Å²) in [6, 6.07) is 10.9. The maximum absolute atomic E-state index is 13.3. The number of alkyl halides is 3. The Hall–Kier alpha value is -3.76. The molecule has 7 nitrogen and oxygen atoms in total. The minimum atomic E-state index is -4.48. The maximum atomic E-state index is 13.3. The number of benzene rings is 2. The summed E-state index contributed by atoms with van der Waals surface area (Å²) in [7, 11) is 1.67. The van der Waals surface area contributed by atoms with Crippen LogP contribution in [0.4, 0.5) is 29.5 Å². The van der Waals surface area contributed by atoms with Gasteiger partial charge in [0.25, 0.3) is 0 Å². The van der Waals surface area contributed by atoms with Crippen molar-refractivity contribution in [3.05, 3.63) is 65.5 Å². The lowest BCUT2D eigenvalue weighted by molar-refractivity contribution is -0.138. The lowest BCUT2D eigenvalue weighted by Gasteiger charge is -2.29. The Kier molecular flexibility index (Phi) is 7.66. The molecule has 1 aliphatic rings. The maximum Gasteiger partial charge on any atom is 0.416 e. The van der Waals surface area contributed by atoms with Gasteiger partial charge in [0.15, 0.2) is 5.82 Å². The summed E-state index contributed by atoms with van der Waals surface area (Å²) in [6.45, 7) is -0.191. The molecule has 4 rings (SSSR count). The highest BCUT2D eigenvalue weighted by atomic mass is 19.4. The molecule has 0 aliphatic heterocycles. The number of rotatable bonds is 7. The van der Waals surface area contributed by atoms with Crippen LogP contribution in [0, 0.1) is 11.7 Å². The number of carbonyl (C=O) groups excluding carboxylic acids is 1. The van der Waals surface area contributed by atoms with Gasteiger partial charge in [-0.25, -0.2) is 4.39 Å². The predicted molar refractivity (Wildman–Crippen MR) is 127 cm³/mol. The number of anilines is 2. The van der Waals surface area contributed by atoms with Crippen molar-refractivity contribution < 1.29 is 22.4 Å². The molecule has 1 heterocycles. The molecule has 2 atom stereocenters. The lowest BCUT2D eigenvalue weighted by Crippen LogP contribution is -2.37. The summed E-state index contributed by atoms with van der Waals surface area (Å²) in [5.41, 5.74) is -0.0963. The van der Waals surface area contributed by atoms with Gasteiger partial charge < -0.3 is 16.0 Å². The van der Waals surface area contributed by atoms with E-state index in [2.05, 4.69) is 30.9 Å². The smallest absolute Gasteiger partial charge is 0.357 e. The Balaban J connectivity index is 1.41. The molecule has 3 aromatic rings. The fourth-order valence-corrected chi connectivity index (χ4v) is 4.30. The third-order valence-corrected chi connectivity index (χ3v) is 6.12.